The molecule has 0 aliphatic carbocycles. The molecule has 5 nitrogen and oxygen atoms in total. The first-order chi connectivity index (χ1) is 19.0. The zero-order valence-electron chi connectivity index (χ0n) is 20.8. The van der Waals surface area contributed by atoms with E-state index in [1.165, 1.54) is 5.56 Å². The van der Waals surface area contributed by atoms with Crippen LogP contribution in [0.4, 0.5) is 5.69 Å². The third-order valence-electron chi connectivity index (χ3n) is 6.58. The van der Waals surface area contributed by atoms with Gasteiger partial charge in [0, 0.05) is 22.5 Å². The van der Waals surface area contributed by atoms with Gasteiger partial charge in [-0.05, 0) is 98.0 Å². The van der Waals surface area contributed by atoms with Crippen LogP contribution in [0.5, 0.6) is 11.5 Å². The molecule has 3 aromatic carbocycles. The molecule has 1 fully saturated rings. The van der Waals surface area contributed by atoms with Gasteiger partial charge in [0.1, 0.15) is 29.1 Å². The van der Waals surface area contributed by atoms with Gasteiger partial charge in [-0.1, -0.05) is 47.0 Å². The van der Waals surface area contributed by atoms with Crippen molar-refractivity contribution >= 4 is 46.2 Å². The number of hydrogen-bond donors (Lipinski definition) is 1. The lowest BCUT2D eigenvalue weighted by atomic mass is 10.0. The van der Waals surface area contributed by atoms with Gasteiger partial charge in [0.25, 0.3) is 0 Å². The molecule has 1 aliphatic heterocycles. The molecule has 0 saturated carbocycles. The normalized spacial score (nSPS) is 16.8. The number of hydrogen-bond acceptors (Lipinski definition) is 4. The van der Waals surface area contributed by atoms with E-state index in [1.54, 1.807) is 18.3 Å². The van der Waals surface area contributed by atoms with Gasteiger partial charge < -0.3 is 19.4 Å². The molecule has 6 rings (SSSR count). The van der Waals surface area contributed by atoms with Crippen LogP contribution < -0.4 is 15.0 Å². The molecule has 2 aromatic heterocycles. The molecule has 0 radical (unpaired) electrons. The second-order valence-corrected chi connectivity index (χ2v) is 10.5. The molecule has 0 amide bonds. The molecule has 0 unspecified atom stereocenters. The number of nitrogens with one attached hydrogen (secondary N) is 1. The fourth-order valence-corrected chi connectivity index (χ4v) is 5.53. The number of pyridine rings is 1. The molecule has 1 aliphatic rings. The first-order valence-electron chi connectivity index (χ1n) is 12.4. The smallest absolute Gasteiger partial charge is 0.174 e. The maximum Gasteiger partial charge on any atom is 0.174 e. The summed E-state index contributed by atoms with van der Waals surface area (Å²) < 4.78 is 12.5. The molecule has 194 valence electrons. The molecule has 5 aromatic rings. The van der Waals surface area contributed by atoms with Crippen LogP contribution in [0.3, 0.4) is 0 Å². The minimum atomic E-state index is -0.295. The molecule has 0 spiro atoms. The van der Waals surface area contributed by atoms with Crippen molar-refractivity contribution in [3.8, 4) is 22.8 Å². The lowest BCUT2D eigenvalue weighted by Gasteiger charge is -2.26. The van der Waals surface area contributed by atoms with Crippen LogP contribution in [0, 0.1) is 6.92 Å². The first-order valence-corrected chi connectivity index (χ1v) is 13.5. The number of anilines is 1. The van der Waals surface area contributed by atoms with Gasteiger partial charge in [-0.3, -0.25) is 4.98 Å². The van der Waals surface area contributed by atoms with E-state index in [-0.39, 0.29) is 12.1 Å². The number of aromatic nitrogens is 1. The van der Waals surface area contributed by atoms with Crippen LogP contribution in [-0.2, 0) is 0 Å². The minimum Gasteiger partial charge on any atom is -0.459 e. The van der Waals surface area contributed by atoms with Crippen molar-refractivity contribution in [2.24, 2.45) is 0 Å². The van der Waals surface area contributed by atoms with Crippen LogP contribution >= 0.6 is 35.4 Å². The highest BCUT2D eigenvalue weighted by molar-refractivity contribution is 7.80. The van der Waals surface area contributed by atoms with E-state index in [1.807, 2.05) is 91.9 Å². The maximum atomic E-state index is 6.48. The van der Waals surface area contributed by atoms with Gasteiger partial charge in [0.05, 0.1) is 16.8 Å². The largest absolute Gasteiger partial charge is 0.459 e. The summed E-state index contributed by atoms with van der Waals surface area (Å²) in [4.78, 5) is 6.66. The quantitative estimate of drug-likeness (QED) is 0.205. The number of rotatable bonds is 6. The Labute approximate surface area is 242 Å². The first kappa shape index (κ1) is 25.4. The van der Waals surface area contributed by atoms with Crippen molar-refractivity contribution in [2.45, 2.75) is 19.0 Å². The Morgan fingerprint density at radius 1 is 0.897 bits per heavy atom. The Kier molecular flexibility index (Phi) is 7.00. The number of thiocarbonyl (C=S) groups is 1. The summed E-state index contributed by atoms with van der Waals surface area (Å²) in [7, 11) is 0. The summed E-state index contributed by atoms with van der Waals surface area (Å²) in [5.41, 5.74) is 3.70. The molecular formula is C31H23Cl2N3O2S. The minimum absolute atomic E-state index is 0.234. The van der Waals surface area contributed by atoms with E-state index in [9.17, 15) is 0 Å². The van der Waals surface area contributed by atoms with Crippen LogP contribution in [0.25, 0.3) is 11.3 Å². The second-order valence-electron chi connectivity index (χ2n) is 9.23. The summed E-state index contributed by atoms with van der Waals surface area (Å²) in [6.07, 6.45) is 1.78. The summed E-state index contributed by atoms with van der Waals surface area (Å²) in [5, 5.41) is 5.12. The highest BCUT2D eigenvalue weighted by Gasteiger charge is 2.42. The van der Waals surface area contributed by atoms with Gasteiger partial charge in [-0.25, -0.2) is 0 Å². The second kappa shape index (κ2) is 10.7. The predicted octanol–water partition coefficient (Wildman–Crippen LogP) is 8.93. The van der Waals surface area contributed by atoms with Crippen molar-refractivity contribution in [3.63, 3.8) is 0 Å². The fourth-order valence-electron chi connectivity index (χ4n) is 4.68. The number of benzene rings is 3. The van der Waals surface area contributed by atoms with Gasteiger partial charge in [-0.2, -0.15) is 0 Å². The third kappa shape index (κ3) is 5.23. The summed E-state index contributed by atoms with van der Waals surface area (Å²) in [5.74, 6) is 2.88. The molecule has 8 heteroatoms. The molecule has 3 heterocycles. The topological polar surface area (TPSA) is 50.5 Å². The molecule has 39 heavy (non-hydrogen) atoms. The Bertz CT molecular complexity index is 1620. The van der Waals surface area contributed by atoms with Crippen LogP contribution in [0.2, 0.25) is 10.0 Å². The molecule has 1 saturated heterocycles. The molecule has 1 N–H and O–H groups in total. The van der Waals surface area contributed by atoms with E-state index >= 15 is 0 Å². The van der Waals surface area contributed by atoms with E-state index in [0.717, 1.165) is 34.2 Å². The number of nitrogens with zero attached hydrogens (tertiary/aromatic N) is 2. The number of furan rings is 1. The van der Waals surface area contributed by atoms with Gasteiger partial charge in [-0.15, -0.1) is 0 Å². The lowest BCUT2D eigenvalue weighted by Crippen LogP contribution is -2.29. The molecular weight excluding hydrogens is 549 g/mol. The number of ether oxygens (including phenoxy) is 1. The van der Waals surface area contributed by atoms with Crippen molar-refractivity contribution < 1.29 is 9.15 Å². The highest BCUT2D eigenvalue weighted by Crippen LogP contribution is 2.44. The van der Waals surface area contributed by atoms with Crippen LogP contribution in [0.1, 0.15) is 29.1 Å². The van der Waals surface area contributed by atoms with E-state index in [0.29, 0.717) is 20.9 Å². The van der Waals surface area contributed by atoms with E-state index in [4.69, 9.17) is 44.6 Å². The summed E-state index contributed by atoms with van der Waals surface area (Å²) >= 11 is 18.4. The molecule has 0 bridgehead atoms. The number of halogens is 2. The standard InChI is InChI=1S/C31H23Cl2N3O2S/c1-19-5-10-22(11-6-19)37-23-12-8-21(9-13-23)36-30(29(35-31(36)39)26-4-2-3-17-34-26)28-16-15-27(38-28)24-14-7-20(32)18-25(24)33/h2-18,29-30H,1H3,(H,35,39)/t29-,30+/m1/s1. The monoisotopic (exact) mass is 571 g/mol. The average molecular weight is 573 g/mol. The van der Waals surface area contributed by atoms with E-state index in [2.05, 4.69) is 15.2 Å². The fraction of sp³-hybridized carbons (Fsp3) is 0.0968. The van der Waals surface area contributed by atoms with Crippen molar-refractivity contribution in [2.75, 3.05) is 4.90 Å². The Morgan fingerprint density at radius 3 is 2.33 bits per heavy atom. The van der Waals surface area contributed by atoms with Crippen LogP contribution in [-0.4, -0.2) is 10.1 Å². The lowest BCUT2D eigenvalue weighted by molar-refractivity contribution is 0.439. The Hall–Kier alpha value is -3.84. The SMILES string of the molecule is Cc1ccc(Oc2ccc(N3C(=S)N[C@H](c4ccccn4)[C@@H]3c3ccc(-c4ccc(Cl)cc4Cl)o3)cc2)cc1. The van der Waals surface area contributed by atoms with Gasteiger partial charge in [0.15, 0.2) is 5.11 Å². The average Bonchev–Trinajstić information content (AvgIpc) is 3.55. The molecule has 2 atom stereocenters. The van der Waals surface area contributed by atoms with Crippen molar-refractivity contribution in [1.29, 1.82) is 0 Å². The zero-order chi connectivity index (χ0) is 26.9. The zero-order valence-corrected chi connectivity index (χ0v) is 23.2. The summed E-state index contributed by atoms with van der Waals surface area (Å²) in [6.45, 7) is 2.05. The van der Waals surface area contributed by atoms with E-state index < -0.39 is 0 Å². The highest BCUT2D eigenvalue weighted by atomic mass is 35.5. The Morgan fingerprint density at radius 2 is 1.64 bits per heavy atom. The van der Waals surface area contributed by atoms with Gasteiger partial charge in [0.2, 0.25) is 0 Å². The van der Waals surface area contributed by atoms with Gasteiger partial charge >= 0.3 is 0 Å². The van der Waals surface area contributed by atoms with Crippen LogP contribution in [0.15, 0.2) is 108 Å². The number of aryl methyl sites for hydroxylation is 1. The summed E-state index contributed by atoms with van der Waals surface area (Å²) in [6, 6.07) is 30.3. The van der Waals surface area contributed by atoms with Crippen molar-refractivity contribution in [1.82, 2.24) is 10.3 Å². The predicted molar refractivity (Wildman–Crippen MR) is 160 cm³/mol. The Balaban J connectivity index is 1.35. The third-order valence-corrected chi connectivity index (χ3v) is 7.45. The van der Waals surface area contributed by atoms with Crippen molar-refractivity contribution in [3.05, 3.63) is 130 Å². The maximum absolute atomic E-state index is 6.48.